The lowest BCUT2D eigenvalue weighted by atomic mass is 9.94. The van der Waals surface area contributed by atoms with Gasteiger partial charge in [-0.25, -0.2) is 13.6 Å². The van der Waals surface area contributed by atoms with Crippen LogP contribution in [0.25, 0.3) is 10.8 Å². The number of anilines is 1. The predicted molar refractivity (Wildman–Crippen MR) is 115 cm³/mol. The molecular weight excluding hydrogens is 418 g/mol. The summed E-state index contributed by atoms with van der Waals surface area (Å²) in [6.07, 6.45) is 0.372. The molecule has 1 aliphatic heterocycles. The van der Waals surface area contributed by atoms with E-state index in [0.29, 0.717) is 22.2 Å². The number of primary sulfonamides is 1. The fourth-order valence-corrected chi connectivity index (χ4v) is 4.15. The fourth-order valence-electron chi connectivity index (χ4n) is 3.63. The van der Waals surface area contributed by atoms with E-state index in [0.717, 1.165) is 5.39 Å². The molecular formula is C22H19N3O5S. The van der Waals surface area contributed by atoms with Crippen molar-refractivity contribution >= 4 is 44.2 Å². The third-order valence-corrected chi connectivity index (χ3v) is 6.04. The molecule has 3 aromatic carbocycles. The molecule has 3 N–H and O–H groups in total. The van der Waals surface area contributed by atoms with Crippen molar-refractivity contribution in [2.45, 2.75) is 17.7 Å². The van der Waals surface area contributed by atoms with Gasteiger partial charge >= 0.3 is 0 Å². The Morgan fingerprint density at radius 3 is 2.03 bits per heavy atom. The van der Waals surface area contributed by atoms with E-state index in [4.69, 9.17) is 5.14 Å². The van der Waals surface area contributed by atoms with Crippen LogP contribution in [0.1, 0.15) is 33.6 Å². The third-order valence-electron chi connectivity index (χ3n) is 5.11. The lowest BCUT2D eigenvalue weighted by molar-refractivity contribution is -0.116. The topological polar surface area (TPSA) is 127 Å². The highest BCUT2D eigenvalue weighted by Gasteiger charge is 2.32. The summed E-state index contributed by atoms with van der Waals surface area (Å²) >= 11 is 0. The van der Waals surface area contributed by atoms with Crippen LogP contribution in [-0.2, 0) is 14.8 Å². The van der Waals surface area contributed by atoms with Gasteiger partial charge < -0.3 is 5.32 Å². The number of imide groups is 1. The zero-order valence-corrected chi connectivity index (χ0v) is 17.2. The third kappa shape index (κ3) is 4.05. The zero-order chi connectivity index (χ0) is 22.2. The number of carbonyl (C=O) groups excluding carboxylic acids is 3. The summed E-state index contributed by atoms with van der Waals surface area (Å²) in [6.45, 7) is 0.111. The van der Waals surface area contributed by atoms with Gasteiger partial charge in [-0.05, 0) is 48.2 Å². The average molecular weight is 437 g/mol. The second kappa shape index (κ2) is 7.93. The molecule has 31 heavy (non-hydrogen) atoms. The van der Waals surface area contributed by atoms with Crippen molar-refractivity contribution in [2.24, 2.45) is 5.14 Å². The van der Waals surface area contributed by atoms with Crippen LogP contribution in [-0.4, -0.2) is 37.6 Å². The summed E-state index contributed by atoms with van der Waals surface area (Å²) in [4.78, 5) is 39.0. The van der Waals surface area contributed by atoms with E-state index in [1.54, 1.807) is 24.3 Å². The predicted octanol–water partition coefficient (Wildman–Crippen LogP) is 2.50. The number of nitrogens with one attached hydrogen (secondary N) is 1. The Morgan fingerprint density at radius 2 is 1.48 bits per heavy atom. The van der Waals surface area contributed by atoms with E-state index in [1.807, 2.05) is 12.1 Å². The monoisotopic (exact) mass is 437 g/mol. The smallest absolute Gasteiger partial charge is 0.261 e. The molecule has 0 spiro atoms. The van der Waals surface area contributed by atoms with Crippen molar-refractivity contribution in [3.05, 3.63) is 71.8 Å². The van der Waals surface area contributed by atoms with Crippen LogP contribution >= 0.6 is 0 Å². The molecule has 1 heterocycles. The maximum atomic E-state index is 12.8. The second-order valence-corrected chi connectivity index (χ2v) is 8.75. The van der Waals surface area contributed by atoms with Crippen molar-refractivity contribution in [3.8, 4) is 0 Å². The summed E-state index contributed by atoms with van der Waals surface area (Å²) in [5.74, 6) is -1.05. The largest absolute Gasteiger partial charge is 0.326 e. The minimum Gasteiger partial charge on any atom is -0.326 e. The molecule has 0 radical (unpaired) electrons. The Kier molecular flexibility index (Phi) is 5.30. The first kappa shape index (κ1) is 20.7. The molecule has 3 amide bonds. The minimum atomic E-state index is -3.80. The van der Waals surface area contributed by atoms with Gasteiger partial charge in [-0.2, -0.15) is 0 Å². The van der Waals surface area contributed by atoms with E-state index < -0.39 is 10.0 Å². The Bertz CT molecular complexity index is 1270. The fraction of sp³-hybridized carbons (Fsp3) is 0.136. The van der Waals surface area contributed by atoms with E-state index in [9.17, 15) is 22.8 Å². The highest BCUT2D eigenvalue weighted by Crippen LogP contribution is 2.30. The molecule has 1 aliphatic rings. The summed E-state index contributed by atoms with van der Waals surface area (Å²) in [6, 6.07) is 16.2. The van der Waals surface area contributed by atoms with Gasteiger partial charge in [-0.15, -0.1) is 0 Å². The number of carbonyl (C=O) groups is 3. The van der Waals surface area contributed by atoms with Crippen molar-refractivity contribution in [1.82, 2.24) is 4.90 Å². The number of hydrogen-bond acceptors (Lipinski definition) is 5. The number of nitrogens with zero attached hydrogens (tertiary/aromatic N) is 1. The highest BCUT2D eigenvalue weighted by atomic mass is 32.2. The molecule has 0 bridgehead atoms. The molecule has 9 heteroatoms. The van der Waals surface area contributed by atoms with Crippen molar-refractivity contribution < 1.29 is 22.8 Å². The van der Waals surface area contributed by atoms with E-state index >= 15 is 0 Å². The van der Waals surface area contributed by atoms with Gasteiger partial charge in [-0.3, -0.25) is 19.3 Å². The summed E-state index contributed by atoms with van der Waals surface area (Å²) < 4.78 is 22.6. The van der Waals surface area contributed by atoms with Gasteiger partial charge in [0.15, 0.2) is 0 Å². The van der Waals surface area contributed by atoms with E-state index in [1.165, 1.54) is 29.2 Å². The van der Waals surface area contributed by atoms with Crippen LogP contribution in [0.15, 0.2) is 65.6 Å². The maximum Gasteiger partial charge on any atom is 0.261 e. The first-order chi connectivity index (χ1) is 14.8. The molecule has 0 saturated carbocycles. The minimum absolute atomic E-state index is 0.0528. The average Bonchev–Trinajstić information content (AvgIpc) is 2.74. The Morgan fingerprint density at radius 1 is 0.903 bits per heavy atom. The molecule has 158 valence electrons. The standard InChI is InChI=1S/C22H19N3O5S/c23-31(29,30)16-11-9-15(10-12-16)24-19(26)8-3-13-25-21(27)17-6-1-4-14-5-2-7-18(20(14)17)22(25)28/h1-2,4-7,9-12H,3,8,13H2,(H,24,26)(H2,23,29,30). The summed E-state index contributed by atoms with van der Waals surface area (Å²) in [5.41, 5.74) is 1.38. The quantitative estimate of drug-likeness (QED) is 0.573. The van der Waals surface area contributed by atoms with Crippen molar-refractivity contribution in [3.63, 3.8) is 0 Å². The van der Waals surface area contributed by atoms with Gasteiger partial charge in [0.2, 0.25) is 15.9 Å². The second-order valence-electron chi connectivity index (χ2n) is 7.19. The summed E-state index contributed by atoms with van der Waals surface area (Å²) in [5, 5.41) is 9.20. The summed E-state index contributed by atoms with van der Waals surface area (Å²) in [7, 11) is -3.80. The highest BCUT2D eigenvalue weighted by molar-refractivity contribution is 7.89. The number of amides is 3. The Balaban J connectivity index is 1.39. The first-order valence-electron chi connectivity index (χ1n) is 9.56. The molecule has 0 saturated heterocycles. The van der Waals surface area contributed by atoms with E-state index in [2.05, 4.69) is 5.32 Å². The molecule has 3 aromatic rings. The molecule has 8 nitrogen and oxygen atoms in total. The van der Waals surface area contributed by atoms with Gasteiger partial charge in [0.25, 0.3) is 11.8 Å². The van der Waals surface area contributed by atoms with Crippen molar-refractivity contribution in [2.75, 3.05) is 11.9 Å². The van der Waals surface area contributed by atoms with Gasteiger partial charge in [0.05, 0.1) is 4.90 Å². The number of rotatable bonds is 6. The van der Waals surface area contributed by atoms with Crippen LogP contribution in [0, 0.1) is 0 Å². The molecule has 0 fully saturated rings. The normalized spacial score (nSPS) is 13.5. The lowest BCUT2D eigenvalue weighted by Crippen LogP contribution is -2.41. The zero-order valence-electron chi connectivity index (χ0n) is 16.4. The first-order valence-corrected chi connectivity index (χ1v) is 11.1. The van der Waals surface area contributed by atoms with Gasteiger partial charge in [0, 0.05) is 35.2 Å². The molecule has 4 rings (SSSR count). The number of sulfonamides is 1. The molecule has 0 aromatic heterocycles. The molecule has 0 aliphatic carbocycles. The van der Waals surface area contributed by atoms with Crippen LogP contribution in [0.5, 0.6) is 0 Å². The Labute approximate surface area is 178 Å². The van der Waals surface area contributed by atoms with Crippen molar-refractivity contribution in [1.29, 1.82) is 0 Å². The number of hydrogen-bond donors (Lipinski definition) is 2. The van der Waals surface area contributed by atoms with Gasteiger partial charge in [0.1, 0.15) is 0 Å². The lowest BCUT2D eigenvalue weighted by Gasteiger charge is -2.27. The maximum absolute atomic E-state index is 12.8. The molecule has 0 atom stereocenters. The van der Waals surface area contributed by atoms with Crippen LogP contribution in [0.3, 0.4) is 0 Å². The van der Waals surface area contributed by atoms with Crippen LogP contribution < -0.4 is 10.5 Å². The Hall–Kier alpha value is -3.56. The number of nitrogens with two attached hydrogens (primary N) is 1. The number of benzene rings is 3. The molecule has 0 unspecified atom stereocenters. The van der Waals surface area contributed by atoms with Crippen LogP contribution in [0.2, 0.25) is 0 Å². The van der Waals surface area contributed by atoms with E-state index in [-0.39, 0.29) is 42.0 Å². The van der Waals surface area contributed by atoms with Gasteiger partial charge in [-0.1, -0.05) is 24.3 Å². The SMILES string of the molecule is NS(=O)(=O)c1ccc(NC(=O)CCCN2C(=O)c3cccc4cccc(c34)C2=O)cc1. The van der Waals surface area contributed by atoms with Crippen LogP contribution in [0.4, 0.5) is 5.69 Å².